The summed E-state index contributed by atoms with van der Waals surface area (Å²) in [4.78, 5) is 12.5. The van der Waals surface area contributed by atoms with E-state index >= 15 is 0 Å². The minimum atomic E-state index is -4.64. The van der Waals surface area contributed by atoms with Crippen LogP contribution < -0.4 is 19.1 Å². The van der Waals surface area contributed by atoms with Gasteiger partial charge in [0.2, 0.25) is 15.9 Å². The van der Waals surface area contributed by atoms with Crippen LogP contribution in [0.4, 0.5) is 24.5 Å². The molecule has 30 heavy (non-hydrogen) atoms. The van der Waals surface area contributed by atoms with Gasteiger partial charge in [-0.25, -0.2) is 8.42 Å². The summed E-state index contributed by atoms with van der Waals surface area (Å²) in [5, 5.41) is 2.07. The number of amides is 1. The van der Waals surface area contributed by atoms with Gasteiger partial charge in [-0.2, -0.15) is 13.2 Å². The Labute approximate surface area is 176 Å². The first kappa shape index (κ1) is 23.6. The standard InChI is InChI=1S/C18H18ClF3N2O5S/c1-28-12-5-7-16(29-2)15(9-12)24(30(3,26)27)10-17(25)23-14-8-11(18(20,21)22)4-6-13(14)19/h4-9H,10H2,1-3H3,(H,23,25). The molecule has 0 bridgehead atoms. The maximum absolute atomic E-state index is 12.9. The molecule has 2 aromatic carbocycles. The van der Waals surface area contributed by atoms with Crippen LogP contribution >= 0.6 is 11.6 Å². The number of anilines is 2. The fraction of sp³-hybridized carbons (Fsp3) is 0.278. The van der Waals surface area contributed by atoms with E-state index in [0.29, 0.717) is 11.8 Å². The highest BCUT2D eigenvalue weighted by molar-refractivity contribution is 7.92. The molecule has 12 heteroatoms. The average molecular weight is 467 g/mol. The summed E-state index contributed by atoms with van der Waals surface area (Å²) < 4.78 is 74.3. The van der Waals surface area contributed by atoms with Gasteiger partial charge in [0, 0.05) is 6.07 Å². The summed E-state index contributed by atoms with van der Waals surface area (Å²) in [5.41, 5.74) is -1.30. The van der Waals surface area contributed by atoms with Crippen LogP contribution in [0.25, 0.3) is 0 Å². The molecular weight excluding hydrogens is 449 g/mol. The summed E-state index contributed by atoms with van der Waals surface area (Å²) in [6.45, 7) is -0.741. The van der Waals surface area contributed by atoms with Crippen molar-refractivity contribution in [3.8, 4) is 11.5 Å². The first-order valence-electron chi connectivity index (χ1n) is 8.23. The van der Waals surface area contributed by atoms with E-state index < -0.39 is 34.2 Å². The predicted molar refractivity (Wildman–Crippen MR) is 107 cm³/mol. The maximum atomic E-state index is 12.9. The number of hydrogen-bond donors (Lipinski definition) is 1. The molecule has 0 fully saturated rings. The van der Waals surface area contributed by atoms with Crippen molar-refractivity contribution in [2.24, 2.45) is 0 Å². The Hall–Kier alpha value is -2.66. The lowest BCUT2D eigenvalue weighted by atomic mass is 10.2. The fourth-order valence-electron chi connectivity index (χ4n) is 2.49. The fourth-order valence-corrected chi connectivity index (χ4v) is 3.51. The van der Waals surface area contributed by atoms with Crippen LogP contribution in [0, 0.1) is 0 Å². The topological polar surface area (TPSA) is 84.9 Å². The molecule has 2 rings (SSSR count). The zero-order valence-corrected chi connectivity index (χ0v) is 17.7. The third kappa shape index (κ3) is 5.70. The number of ether oxygens (including phenoxy) is 2. The summed E-state index contributed by atoms with van der Waals surface area (Å²) in [6.07, 6.45) is -3.77. The van der Waals surface area contributed by atoms with Crippen molar-refractivity contribution < 1.29 is 35.9 Å². The molecule has 0 aliphatic heterocycles. The second kappa shape index (κ2) is 9.00. The highest BCUT2D eigenvalue weighted by Gasteiger charge is 2.31. The van der Waals surface area contributed by atoms with E-state index in [1.54, 1.807) is 0 Å². The molecule has 0 aliphatic rings. The first-order valence-corrected chi connectivity index (χ1v) is 10.5. The number of sulfonamides is 1. The predicted octanol–water partition coefficient (Wildman–Crippen LogP) is 3.78. The van der Waals surface area contributed by atoms with E-state index in [1.165, 1.54) is 32.4 Å². The van der Waals surface area contributed by atoms with Gasteiger partial charge in [-0.3, -0.25) is 9.10 Å². The van der Waals surface area contributed by atoms with Crippen molar-refractivity contribution in [2.45, 2.75) is 6.18 Å². The molecular formula is C18H18ClF3N2O5S. The van der Waals surface area contributed by atoms with Crippen molar-refractivity contribution in [3.63, 3.8) is 0 Å². The van der Waals surface area contributed by atoms with Gasteiger partial charge in [-0.1, -0.05) is 11.6 Å². The van der Waals surface area contributed by atoms with E-state index in [-0.39, 0.29) is 22.1 Å². The molecule has 0 aliphatic carbocycles. The number of halogens is 4. The van der Waals surface area contributed by atoms with E-state index in [2.05, 4.69) is 5.32 Å². The van der Waals surface area contributed by atoms with E-state index in [0.717, 1.165) is 22.7 Å². The van der Waals surface area contributed by atoms with Crippen LogP contribution in [0.5, 0.6) is 11.5 Å². The van der Waals surface area contributed by atoms with Crippen LogP contribution in [0.1, 0.15) is 5.56 Å². The molecule has 2 aromatic rings. The van der Waals surface area contributed by atoms with Crippen molar-refractivity contribution in [1.82, 2.24) is 0 Å². The van der Waals surface area contributed by atoms with Crippen molar-refractivity contribution in [3.05, 3.63) is 47.0 Å². The summed E-state index contributed by atoms with van der Waals surface area (Å²) in [5.74, 6) is -0.460. The lowest BCUT2D eigenvalue weighted by Crippen LogP contribution is -2.37. The van der Waals surface area contributed by atoms with Crippen LogP contribution in [0.15, 0.2) is 36.4 Å². The summed E-state index contributed by atoms with van der Waals surface area (Å²) in [6, 6.07) is 6.75. The Morgan fingerprint density at radius 3 is 2.33 bits per heavy atom. The summed E-state index contributed by atoms with van der Waals surface area (Å²) in [7, 11) is -1.29. The van der Waals surface area contributed by atoms with E-state index in [9.17, 15) is 26.4 Å². The molecule has 1 amide bonds. The zero-order chi connectivity index (χ0) is 22.7. The molecule has 0 spiro atoms. The van der Waals surface area contributed by atoms with Crippen molar-refractivity contribution in [2.75, 3.05) is 36.6 Å². The second-order valence-corrected chi connectivity index (χ2v) is 8.36. The quantitative estimate of drug-likeness (QED) is 0.671. The van der Waals surface area contributed by atoms with Gasteiger partial charge >= 0.3 is 6.18 Å². The smallest absolute Gasteiger partial charge is 0.416 e. The third-order valence-electron chi connectivity index (χ3n) is 3.91. The van der Waals surface area contributed by atoms with Gasteiger partial charge in [0.05, 0.1) is 42.4 Å². The number of methoxy groups -OCH3 is 2. The Balaban J connectivity index is 2.37. The number of nitrogens with one attached hydrogen (secondary N) is 1. The molecule has 0 saturated heterocycles. The third-order valence-corrected chi connectivity index (χ3v) is 5.37. The Morgan fingerprint density at radius 1 is 1.13 bits per heavy atom. The van der Waals surface area contributed by atoms with Gasteiger partial charge in [-0.05, 0) is 30.3 Å². The lowest BCUT2D eigenvalue weighted by molar-refractivity contribution is -0.137. The van der Waals surface area contributed by atoms with Gasteiger partial charge < -0.3 is 14.8 Å². The van der Waals surface area contributed by atoms with Gasteiger partial charge in [-0.15, -0.1) is 0 Å². The number of rotatable bonds is 7. The molecule has 0 saturated carbocycles. The van der Waals surface area contributed by atoms with Gasteiger partial charge in [0.1, 0.15) is 18.0 Å². The van der Waals surface area contributed by atoms with Crippen LogP contribution in [0.2, 0.25) is 5.02 Å². The lowest BCUT2D eigenvalue weighted by Gasteiger charge is -2.24. The minimum absolute atomic E-state index is 0.0182. The molecule has 0 radical (unpaired) electrons. The van der Waals surface area contributed by atoms with E-state index in [1.807, 2.05) is 0 Å². The number of hydrogen-bond acceptors (Lipinski definition) is 5. The zero-order valence-electron chi connectivity index (χ0n) is 16.1. The second-order valence-electron chi connectivity index (χ2n) is 6.05. The molecule has 0 atom stereocenters. The molecule has 164 valence electrons. The largest absolute Gasteiger partial charge is 0.497 e. The van der Waals surface area contributed by atoms with Crippen molar-refractivity contribution >= 4 is 38.9 Å². The number of nitrogens with zero attached hydrogens (tertiary/aromatic N) is 1. The Kier molecular flexibility index (Phi) is 7.09. The van der Waals surface area contributed by atoms with Crippen LogP contribution in [0.3, 0.4) is 0 Å². The highest BCUT2D eigenvalue weighted by atomic mass is 35.5. The molecule has 1 N–H and O–H groups in total. The molecule has 0 unspecified atom stereocenters. The monoisotopic (exact) mass is 466 g/mol. The van der Waals surface area contributed by atoms with Crippen molar-refractivity contribution in [1.29, 1.82) is 0 Å². The Morgan fingerprint density at radius 2 is 1.80 bits per heavy atom. The maximum Gasteiger partial charge on any atom is 0.416 e. The summed E-state index contributed by atoms with van der Waals surface area (Å²) >= 11 is 5.87. The first-order chi connectivity index (χ1) is 13.9. The SMILES string of the molecule is COc1ccc(OC)c(N(CC(=O)Nc2cc(C(F)(F)F)ccc2Cl)S(C)(=O)=O)c1. The molecule has 7 nitrogen and oxygen atoms in total. The van der Waals surface area contributed by atoms with Crippen LogP contribution in [-0.4, -0.2) is 41.3 Å². The number of carbonyl (C=O) groups is 1. The van der Waals surface area contributed by atoms with Gasteiger partial charge in [0.25, 0.3) is 0 Å². The average Bonchev–Trinajstić information content (AvgIpc) is 2.65. The van der Waals surface area contributed by atoms with Gasteiger partial charge in [0.15, 0.2) is 0 Å². The Bertz CT molecular complexity index is 1040. The number of carbonyl (C=O) groups excluding carboxylic acids is 1. The minimum Gasteiger partial charge on any atom is -0.497 e. The number of benzene rings is 2. The normalized spacial score (nSPS) is 11.7. The van der Waals surface area contributed by atoms with E-state index in [4.69, 9.17) is 21.1 Å². The van der Waals surface area contributed by atoms with Crippen LogP contribution in [-0.2, 0) is 21.0 Å². The highest BCUT2D eigenvalue weighted by Crippen LogP contribution is 2.35. The molecule has 0 aromatic heterocycles. The molecule has 0 heterocycles. The number of alkyl halides is 3.